The monoisotopic (exact) mass is 322 g/mol. The van der Waals surface area contributed by atoms with Crippen LogP contribution in [-0.2, 0) is 16.6 Å². The van der Waals surface area contributed by atoms with Gasteiger partial charge in [0.05, 0.1) is 5.41 Å². The summed E-state index contributed by atoms with van der Waals surface area (Å²) in [5.41, 5.74) is 0.582. The van der Waals surface area contributed by atoms with E-state index in [0.29, 0.717) is 22.9 Å². The second-order valence-electron chi connectivity index (χ2n) is 5.02. The fourth-order valence-corrected chi connectivity index (χ4v) is 3.00. The van der Waals surface area contributed by atoms with E-state index in [9.17, 15) is 9.90 Å². The maximum Gasteiger partial charge on any atom is 0.314 e. The zero-order chi connectivity index (χ0) is 15.5. The number of carbonyl (C=O) groups is 1. The van der Waals surface area contributed by atoms with Gasteiger partial charge in [0.2, 0.25) is 0 Å². The van der Waals surface area contributed by atoms with Gasteiger partial charge in [-0.2, -0.15) is 0 Å². The van der Waals surface area contributed by atoms with Crippen molar-refractivity contribution in [1.29, 1.82) is 0 Å². The third-order valence-corrected chi connectivity index (χ3v) is 4.43. The summed E-state index contributed by atoms with van der Waals surface area (Å²) in [6.07, 6.45) is 0.810. The van der Waals surface area contributed by atoms with Crippen molar-refractivity contribution >= 4 is 29.2 Å². The second kappa shape index (κ2) is 6.50. The van der Waals surface area contributed by atoms with Crippen molar-refractivity contribution in [1.82, 2.24) is 0 Å². The largest absolute Gasteiger partial charge is 0.481 e. The van der Waals surface area contributed by atoms with Crippen LogP contribution in [0.2, 0.25) is 10.0 Å². The van der Waals surface area contributed by atoms with E-state index in [2.05, 4.69) is 0 Å². The minimum absolute atomic E-state index is 0.332. The number of hydrogen-bond donors (Lipinski definition) is 1. The van der Waals surface area contributed by atoms with Crippen molar-refractivity contribution in [3.05, 3.63) is 69.7 Å². The Bertz CT molecular complexity index is 640. The van der Waals surface area contributed by atoms with Gasteiger partial charge in [0.1, 0.15) is 0 Å². The van der Waals surface area contributed by atoms with Crippen LogP contribution >= 0.6 is 23.2 Å². The molecular weight excluding hydrogens is 307 g/mol. The molecule has 0 aromatic heterocycles. The second-order valence-corrected chi connectivity index (χ2v) is 5.86. The lowest BCUT2D eigenvalue weighted by atomic mass is 9.73. The first-order valence-corrected chi connectivity index (χ1v) is 7.48. The normalized spacial score (nSPS) is 13.7. The van der Waals surface area contributed by atoms with Crippen LogP contribution in [-0.4, -0.2) is 11.1 Å². The molecule has 2 aromatic rings. The Morgan fingerprint density at radius 3 is 2.33 bits per heavy atom. The molecule has 4 heteroatoms. The molecule has 0 bridgehead atoms. The molecule has 0 saturated carbocycles. The fraction of sp³-hybridized carbons (Fsp3) is 0.235. The minimum atomic E-state index is -0.987. The molecule has 110 valence electrons. The molecule has 0 aliphatic heterocycles. The summed E-state index contributed by atoms with van der Waals surface area (Å²) < 4.78 is 0. The fourth-order valence-electron chi connectivity index (χ4n) is 2.53. The molecule has 2 aromatic carbocycles. The Kier molecular flexibility index (Phi) is 4.92. The van der Waals surface area contributed by atoms with Gasteiger partial charge >= 0.3 is 5.97 Å². The number of halogens is 2. The first-order chi connectivity index (χ1) is 9.99. The molecule has 0 aliphatic carbocycles. The number of aliphatic carboxylic acids is 1. The molecule has 1 unspecified atom stereocenters. The molecule has 0 aliphatic rings. The molecule has 0 fully saturated rings. The van der Waals surface area contributed by atoms with Gasteiger partial charge in [-0.3, -0.25) is 4.79 Å². The van der Waals surface area contributed by atoms with Gasteiger partial charge in [0.25, 0.3) is 0 Å². The van der Waals surface area contributed by atoms with E-state index in [0.717, 1.165) is 11.1 Å². The SMILES string of the molecule is CCC(Cc1ccc(Cl)cc1Cl)(C(=O)O)c1ccccc1. The Balaban J connectivity index is 2.49. The molecule has 2 nitrogen and oxygen atoms in total. The van der Waals surface area contributed by atoms with E-state index in [4.69, 9.17) is 23.2 Å². The summed E-state index contributed by atoms with van der Waals surface area (Å²) in [4.78, 5) is 12.0. The van der Waals surface area contributed by atoms with E-state index >= 15 is 0 Å². The maximum absolute atomic E-state index is 12.0. The molecule has 0 spiro atoms. The van der Waals surface area contributed by atoms with Crippen molar-refractivity contribution in [2.75, 3.05) is 0 Å². The van der Waals surface area contributed by atoms with Crippen molar-refractivity contribution < 1.29 is 9.90 Å². The standard InChI is InChI=1S/C17H16Cl2O2/c1-2-17(16(20)21,13-6-4-3-5-7-13)11-12-8-9-14(18)10-15(12)19/h3-10H,2,11H2,1H3,(H,20,21). The molecule has 1 atom stereocenters. The lowest BCUT2D eigenvalue weighted by Crippen LogP contribution is -2.37. The molecule has 2 rings (SSSR count). The van der Waals surface area contributed by atoms with Crippen LogP contribution in [0.4, 0.5) is 0 Å². The van der Waals surface area contributed by atoms with E-state index in [1.54, 1.807) is 18.2 Å². The Morgan fingerprint density at radius 1 is 1.14 bits per heavy atom. The highest BCUT2D eigenvalue weighted by Gasteiger charge is 2.39. The van der Waals surface area contributed by atoms with Crippen LogP contribution in [0.15, 0.2) is 48.5 Å². The lowest BCUT2D eigenvalue weighted by Gasteiger charge is -2.29. The summed E-state index contributed by atoms with van der Waals surface area (Å²) in [6.45, 7) is 1.88. The highest BCUT2D eigenvalue weighted by Crippen LogP contribution is 2.35. The number of carboxylic acid groups (broad SMARTS) is 1. The van der Waals surface area contributed by atoms with Gasteiger partial charge in [-0.15, -0.1) is 0 Å². The summed E-state index contributed by atoms with van der Waals surface area (Å²) in [6, 6.07) is 14.4. The van der Waals surface area contributed by atoms with Gasteiger partial charge in [-0.05, 0) is 36.1 Å². The predicted octanol–water partition coefficient (Wildman–Crippen LogP) is 4.97. The number of hydrogen-bond acceptors (Lipinski definition) is 1. The van der Waals surface area contributed by atoms with Crippen molar-refractivity contribution in [3.8, 4) is 0 Å². The van der Waals surface area contributed by atoms with Crippen LogP contribution in [0.3, 0.4) is 0 Å². The predicted molar refractivity (Wildman–Crippen MR) is 86.2 cm³/mol. The third-order valence-electron chi connectivity index (χ3n) is 3.85. The summed E-state index contributed by atoms with van der Waals surface area (Å²) >= 11 is 12.1. The van der Waals surface area contributed by atoms with Crippen LogP contribution < -0.4 is 0 Å². The van der Waals surface area contributed by atoms with Gasteiger partial charge in [0, 0.05) is 10.0 Å². The van der Waals surface area contributed by atoms with Crippen molar-refractivity contribution in [2.24, 2.45) is 0 Å². The zero-order valence-corrected chi connectivity index (χ0v) is 13.2. The minimum Gasteiger partial charge on any atom is -0.481 e. The Morgan fingerprint density at radius 2 is 1.81 bits per heavy atom. The zero-order valence-electron chi connectivity index (χ0n) is 11.6. The Hall–Kier alpha value is -1.51. The highest BCUT2D eigenvalue weighted by atomic mass is 35.5. The lowest BCUT2D eigenvalue weighted by molar-refractivity contribution is -0.144. The Labute approximate surface area is 134 Å². The molecule has 0 heterocycles. The van der Waals surface area contributed by atoms with Crippen molar-refractivity contribution in [2.45, 2.75) is 25.2 Å². The number of carboxylic acids is 1. The topological polar surface area (TPSA) is 37.3 Å². The highest BCUT2D eigenvalue weighted by molar-refractivity contribution is 6.35. The van der Waals surface area contributed by atoms with Gasteiger partial charge in [-0.25, -0.2) is 0 Å². The molecule has 0 radical (unpaired) electrons. The quantitative estimate of drug-likeness (QED) is 0.843. The van der Waals surface area contributed by atoms with Gasteiger partial charge < -0.3 is 5.11 Å². The molecular formula is C17H16Cl2O2. The van der Waals surface area contributed by atoms with Crippen molar-refractivity contribution in [3.63, 3.8) is 0 Å². The first-order valence-electron chi connectivity index (χ1n) is 6.72. The summed E-state index contributed by atoms with van der Waals surface area (Å²) in [7, 11) is 0. The smallest absolute Gasteiger partial charge is 0.314 e. The van der Waals surface area contributed by atoms with E-state index in [-0.39, 0.29) is 0 Å². The van der Waals surface area contributed by atoms with E-state index in [1.807, 2.05) is 37.3 Å². The number of rotatable bonds is 5. The summed E-state index contributed by atoms with van der Waals surface area (Å²) in [5.74, 6) is -0.845. The maximum atomic E-state index is 12.0. The van der Waals surface area contributed by atoms with Gasteiger partial charge in [-0.1, -0.05) is 66.5 Å². The first kappa shape index (κ1) is 15.9. The average Bonchev–Trinajstić information content (AvgIpc) is 2.47. The van der Waals surface area contributed by atoms with E-state index < -0.39 is 11.4 Å². The molecule has 0 amide bonds. The van der Waals surface area contributed by atoms with Crippen LogP contribution in [0, 0.1) is 0 Å². The van der Waals surface area contributed by atoms with Gasteiger partial charge in [0.15, 0.2) is 0 Å². The molecule has 1 N–H and O–H groups in total. The summed E-state index contributed by atoms with van der Waals surface area (Å²) in [5, 5.41) is 10.9. The van der Waals surface area contributed by atoms with Crippen LogP contribution in [0.5, 0.6) is 0 Å². The molecule has 0 saturated heterocycles. The van der Waals surface area contributed by atoms with Crippen LogP contribution in [0.1, 0.15) is 24.5 Å². The number of benzene rings is 2. The molecule has 21 heavy (non-hydrogen) atoms. The van der Waals surface area contributed by atoms with Crippen LogP contribution in [0.25, 0.3) is 0 Å². The third kappa shape index (κ3) is 3.22. The van der Waals surface area contributed by atoms with E-state index in [1.165, 1.54) is 0 Å². The average molecular weight is 323 g/mol.